The van der Waals surface area contributed by atoms with Crippen LogP contribution in [0.4, 0.5) is 10.5 Å². The number of nitrogens with zero attached hydrogens (tertiary/aromatic N) is 1. The number of urea groups is 1. The predicted octanol–water partition coefficient (Wildman–Crippen LogP) is 1.97. The first-order chi connectivity index (χ1) is 10.6. The van der Waals surface area contributed by atoms with Crippen LogP contribution in [0.5, 0.6) is 11.6 Å². The average Bonchev–Trinajstić information content (AvgIpc) is 2.53. The number of hydrazine groups is 1. The Hall–Kier alpha value is -2.80. The molecule has 22 heavy (non-hydrogen) atoms. The number of carbonyl (C=O) groups excluding carboxylic acids is 1. The number of pyridine rings is 1. The lowest BCUT2D eigenvalue weighted by atomic mass is 10.1. The fraction of sp³-hybridized carbons (Fsp3) is 0.200. The van der Waals surface area contributed by atoms with Crippen LogP contribution in [-0.4, -0.2) is 18.1 Å². The van der Waals surface area contributed by atoms with Crippen molar-refractivity contribution in [3.8, 4) is 11.6 Å². The monoisotopic (exact) mass is 302 g/mol. The molecule has 0 atom stereocenters. The molecule has 0 bridgehead atoms. The zero-order chi connectivity index (χ0) is 15.9. The molecular weight excluding hydrogens is 284 g/mol. The van der Waals surface area contributed by atoms with Crippen LogP contribution < -0.4 is 26.1 Å². The van der Waals surface area contributed by atoms with Crippen LogP contribution in [0.3, 0.4) is 0 Å². The van der Waals surface area contributed by atoms with Crippen LogP contribution in [0.2, 0.25) is 0 Å². The smallest absolute Gasteiger partial charge is 0.333 e. The summed E-state index contributed by atoms with van der Waals surface area (Å²) in [4.78, 5) is 15.7. The number of amides is 2. The maximum atomic E-state index is 11.4. The van der Waals surface area contributed by atoms with Gasteiger partial charge in [0, 0.05) is 11.8 Å². The molecule has 7 heteroatoms. The van der Waals surface area contributed by atoms with Crippen molar-refractivity contribution in [3.63, 3.8) is 0 Å². The van der Waals surface area contributed by atoms with E-state index in [1.54, 1.807) is 31.4 Å². The first-order valence-corrected chi connectivity index (χ1v) is 6.64. The first kappa shape index (κ1) is 15.6. The quantitative estimate of drug-likeness (QED) is 0.445. The molecule has 0 unspecified atom stereocenters. The number of nitrogens with two attached hydrogens (primary N) is 1. The summed E-state index contributed by atoms with van der Waals surface area (Å²) in [5.41, 5.74) is 4.12. The number of ether oxygens (including phenoxy) is 2. The summed E-state index contributed by atoms with van der Waals surface area (Å²) in [6.45, 7) is 2.08. The van der Waals surface area contributed by atoms with Crippen molar-refractivity contribution in [2.24, 2.45) is 5.84 Å². The summed E-state index contributed by atoms with van der Waals surface area (Å²) < 4.78 is 11.0. The molecule has 1 aromatic carbocycles. The first-order valence-electron chi connectivity index (χ1n) is 6.64. The number of hydrogen-bond acceptors (Lipinski definition) is 5. The molecular formula is C15H18N4O3. The highest BCUT2D eigenvalue weighted by Crippen LogP contribution is 2.27. The molecule has 4 N–H and O–H groups in total. The molecule has 0 saturated heterocycles. The highest BCUT2D eigenvalue weighted by molar-refractivity contribution is 5.90. The third kappa shape index (κ3) is 3.86. The number of aromatic nitrogens is 1. The summed E-state index contributed by atoms with van der Waals surface area (Å²) in [6, 6.07) is 10.3. The highest BCUT2D eigenvalue weighted by Gasteiger charge is 2.12. The summed E-state index contributed by atoms with van der Waals surface area (Å²) in [5, 5.41) is 2.63. The standard InChI is InChI=1S/C15H18N4O3/c1-10-5-3-8-14(17-10)22-9-11-12(18-15(20)19-16)6-4-7-13(11)21-2/h3-8H,9,16H2,1-2H3,(H2,18,19,20). The van der Waals surface area contributed by atoms with E-state index in [0.29, 0.717) is 22.9 Å². The van der Waals surface area contributed by atoms with Gasteiger partial charge in [0.1, 0.15) is 12.4 Å². The van der Waals surface area contributed by atoms with Crippen LogP contribution in [0.25, 0.3) is 0 Å². The molecule has 0 aliphatic carbocycles. The second kappa shape index (κ2) is 7.28. The van der Waals surface area contributed by atoms with Crippen molar-refractivity contribution in [1.29, 1.82) is 0 Å². The lowest BCUT2D eigenvalue weighted by Crippen LogP contribution is -2.34. The van der Waals surface area contributed by atoms with Gasteiger partial charge in [-0.1, -0.05) is 12.1 Å². The number of nitrogens with one attached hydrogen (secondary N) is 2. The van der Waals surface area contributed by atoms with Crippen LogP contribution in [0, 0.1) is 6.92 Å². The molecule has 116 valence electrons. The molecule has 0 aliphatic rings. The second-order valence-corrected chi connectivity index (χ2v) is 4.49. The van der Waals surface area contributed by atoms with Gasteiger partial charge in [0.15, 0.2) is 0 Å². The Morgan fingerprint density at radius 1 is 1.27 bits per heavy atom. The van der Waals surface area contributed by atoms with Gasteiger partial charge in [0.05, 0.1) is 18.4 Å². The molecule has 0 saturated carbocycles. The predicted molar refractivity (Wildman–Crippen MR) is 82.6 cm³/mol. The number of carbonyl (C=O) groups is 1. The minimum absolute atomic E-state index is 0.195. The third-order valence-electron chi connectivity index (χ3n) is 2.96. The van der Waals surface area contributed by atoms with Gasteiger partial charge < -0.3 is 14.8 Å². The van der Waals surface area contributed by atoms with Gasteiger partial charge in [-0.3, -0.25) is 5.43 Å². The van der Waals surface area contributed by atoms with E-state index >= 15 is 0 Å². The number of anilines is 1. The highest BCUT2D eigenvalue weighted by atomic mass is 16.5. The van der Waals surface area contributed by atoms with Crippen LogP contribution in [0.1, 0.15) is 11.3 Å². The van der Waals surface area contributed by atoms with Crippen molar-refractivity contribution in [3.05, 3.63) is 47.7 Å². The van der Waals surface area contributed by atoms with Gasteiger partial charge in [-0.2, -0.15) is 0 Å². The van der Waals surface area contributed by atoms with E-state index in [1.807, 2.05) is 24.5 Å². The third-order valence-corrected chi connectivity index (χ3v) is 2.96. The average molecular weight is 302 g/mol. The maximum absolute atomic E-state index is 11.4. The van der Waals surface area contributed by atoms with E-state index in [-0.39, 0.29) is 6.61 Å². The minimum Gasteiger partial charge on any atom is -0.496 e. The van der Waals surface area contributed by atoms with Crippen molar-refractivity contribution < 1.29 is 14.3 Å². The molecule has 2 rings (SSSR count). The van der Waals surface area contributed by atoms with Crippen molar-refractivity contribution in [2.75, 3.05) is 12.4 Å². The number of methoxy groups -OCH3 is 1. The summed E-state index contributed by atoms with van der Waals surface area (Å²) in [6.07, 6.45) is 0. The molecule has 0 radical (unpaired) electrons. The molecule has 0 spiro atoms. The lowest BCUT2D eigenvalue weighted by Gasteiger charge is -2.15. The number of aryl methyl sites for hydroxylation is 1. The topological polar surface area (TPSA) is 98.5 Å². The van der Waals surface area contributed by atoms with E-state index < -0.39 is 6.03 Å². The second-order valence-electron chi connectivity index (χ2n) is 4.49. The molecule has 1 aromatic heterocycles. The van der Waals surface area contributed by atoms with Gasteiger partial charge >= 0.3 is 6.03 Å². The normalized spacial score (nSPS) is 9.95. The fourth-order valence-electron chi connectivity index (χ4n) is 1.93. The largest absolute Gasteiger partial charge is 0.496 e. The Labute approximate surface area is 128 Å². The van der Waals surface area contributed by atoms with Crippen molar-refractivity contribution in [2.45, 2.75) is 13.5 Å². The molecule has 1 heterocycles. The van der Waals surface area contributed by atoms with E-state index in [2.05, 4.69) is 10.3 Å². The van der Waals surface area contributed by atoms with E-state index in [1.165, 1.54) is 0 Å². The number of rotatable bonds is 5. The SMILES string of the molecule is COc1cccc(NC(=O)NN)c1COc1cccc(C)n1. The molecule has 2 amide bonds. The van der Waals surface area contributed by atoms with E-state index in [9.17, 15) is 4.79 Å². The molecule has 7 nitrogen and oxygen atoms in total. The van der Waals surface area contributed by atoms with Gasteiger partial charge in [0.25, 0.3) is 0 Å². The Kier molecular flexibility index (Phi) is 5.16. The minimum atomic E-state index is -0.525. The summed E-state index contributed by atoms with van der Waals surface area (Å²) in [7, 11) is 1.55. The zero-order valence-electron chi connectivity index (χ0n) is 12.4. The zero-order valence-corrected chi connectivity index (χ0v) is 12.4. The van der Waals surface area contributed by atoms with Gasteiger partial charge in [0.2, 0.25) is 5.88 Å². The van der Waals surface area contributed by atoms with Gasteiger partial charge in [-0.15, -0.1) is 0 Å². The van der Waals surface area contributed by atoms with Crippen molar-refractivity contribution >= 4 is 11.7 Å². The van der Waals surface area contributed by atoms with Crippen LogP contribution >= 0.6 is 0 Å². The van der Waals surface area contributed by atoms with Crippen LogP contribution in [-0.2, 0) is 6.61 Å². The maximum Gasteiger partial charge on any atom is 0.333 e. The number of benzene rings is 1. The Bertz CT molecular complexity index is 661. The Balaban J connectivity index is 2.22. The van der Waals surface area contributed by atoms with E-state index in [4.69, 9.17) is 15.3 Å². The van der Waals surface area contributed by atoms with Gasteiger partial charge in [-0.25, -0.2) is 15.6 Å². The molecule has 2 aromatic rings. The van der Waals surface area contributed by atoms with Gasteiger partial charge in [-0.05, 0) is 25.1 Å². The van der Waals surface area contributed by atoms with Crippen molar-refractivity contribution in [1.82, 2.24) is 10.4 Å². The molecule has 0 fully saturated rings. The Morgan fingerprint density at radius 2 is 2.05 bits per heavy atom. The lowest BCUT2D eigenvalue weighted by molar-refractivity contribution is 0.252. The fourth-order valence-corrected chi connectivity index (χ4v) is 1.93. The molecule has 0 aliphatic heterocycles. The number of hydrogen-bond donors (Lipinski definition) is 3. The van der Waals surface area contributed by atoms with Crippen LogP contribution in [0.15, 0.2) is 36.4 Å². The van der Waals surface area contributed by atoms with E-state index in [0.717, 1.165) is 5.69 Å². The Morgan fingerprint density at radius 3 is 2.73 bits per heavy atom. The summed E-state index contributed by atoms with van der Waals surface area (Å²) in [5.74, 6) is 6.19. The summed E-state index contributed by atoms with van der Waals surface area (Å²) >= 11 is 0.